The van der Waals surface area contributed by atoms with Gasteiger partial charge in [-0.25, -0.2) is 0 Å². The normalized spacial score (nSPS) is 13.6. The van der Waals surface area contributed by atoms with Gasteiger partial charge in [0.05, 0.1) is 8.07 Å². The molecule has 0 amide bonds. The molecule has 0 saturated carbocycles. The van der Waals surface area contributed by atoms with Crippen molar-refractivity contribution in [3.63, 3.8) is 0 Å². The maximum absolute atomic E-state index is 5.71. The van der Waals surface area contributed by atoms with Crippen LogP contribution in [0.4, 0.5) is 0 Å². The lowest BCUT2D eigenvalue weighted by Gasteiger charge is -2.34. The zero-order chi connectivity index (χ0) is 34.3. The Hall–Kier alpha value is 0.604. The van der Waals surface area contributed by atoms with Gasteiger partial charge in [0, 0.05) is 109 Å². The molecule has 0 bridgehead atoms. The molecule has 12 nitrogen and oxygen atoms in total. The van der Waals surface area contributed by atoms with Crippen molar-refractivity contribution in [3.05, 3.63) is 0 Å². The van der Waals surface area contributed by atoms with Crippen LogP contribution in [-0.4, -0.2) is 129 Å². The highest BCUT2D eigenvalue weighted by molar-refractivity contribution is 6.80. The summed E-state index contributed by atoms with van der Waals surface area (Å²) in [5.41, 5.74) is 0. The monoisotopic (exact) mass is 736 g/mol. The molecule has 0 aliphatic rings. The standard InChI is InChI=1S/C28H68O12Si5/c1-29-42(30-2,31-3)25-17-13-21-41(22-14-18-26-43(32-4,33-5)34-6,23-15-19-27-44(35-7,36-8)37-9)24-16-20-28-45(38-10,39-11)40-12/h13-28H2,1-12H3. The first-order chi connectivity index (χ1) is 21.6. The van der Waals surface area contributed by atoms with Crippen molar-refractivity contribution < 1.29 is 53.1 Å². The van der Waals surface area contributed by atoms with Crippen LogP contribution in [0, 0.1) is 0 Å². The predicted molar refractivity (Wildman–Crippen MR) is 188 cm³/mol. The second-order valence-electron chi connectivity index (χ2n) is 11.5. The fourth-order valence-electron chi connectivity index (χ4n) is 6.34. The van der Waals surface area contributed by atoms with Gasteiger partial charge in [-0.3, -0.25) is 0 Å². The van der Waals surface area contributed by atoms with Gasteiger partial charge in [-0.2, -0.15) is 0 Å². The first kappa shape index (κ1) is 45.6. The van der Waals surface area contributed by atoms with Gasteiger partial charge in [-0.1, -0.05) is 49.9 Å². The lowest BCUT2D eigenvalue weighted by molar-refractivity contribution is 0.122. The fourth-order valence-corrected chi connectivity index (χ4v) is 19.0. The Bertz CT molecular complexity index is 561. The molecule has 17 heteroatoms. The van der Waals surface area contributed by atoms with Crippen molar-refractivity contribution in [1.29, 1.82) is 0 Å². The lowest BCUT2D eigenvalue weighted by atomic mass is 10.4. The van der Waals surface area contributed by atoms with E-state index in [0.29, 0.717) is 0 Å². The summed E-state index contributed by atoms with van der Waals surface area (Å²) in [5, 5.41) is 0. The van der Waals surface area contributed by atoms with E-state index in [9.17, 15) is 0 Å². The van der Waals surface area contributed by atoms with Gasteiger partial charge in [0.15, 0.2) is 0 Å². The summed E-state index contributed by atoms with van der Waals surface area (Å²) in [6.07, 6.45) is 8.58. The summed E-state index contributed by atoms with van der Waals surface area (Å²) in [7, 11) is 8.12. The molecule has 272 valence electrons. The van der Waals surface area contributed by atoms with Crippen LogP contribution in [0.2, 0.25) is 48.4 Å². The van der Waals surface area contributed by atoms with Crippen LogP contribution in [0.5, 0.6) is 0 Å². The van der Waals surface area contributed by atoms with Crippen LogP contribution in [0.15, 0.2) is 0 Å². The van der Waals surface area contributed by atoms with Crippen molar-refractivity contribution >= 4 is 43.3 Å². The van der Waals surface area contributed by atoms with E-state index in [1.165, 1.54) is 24.2 Å². The average molecular weight is 737 g/mol. The third-order valence-electron chi connectivity index (χ3n) is 9.49. The zero-order valence-electron chi connectivity index (χ0n) is 30.7. The maximum atomic E-state index is 5.71. The second-order valence-corrected chi connectivity index (χ2v) is 28.9. The van der Waals surface area contributed by atoms with Crippen LogP contribution in [-0.2, 0) is 53.1 Å². The van der Waals surface area contributed by atoms with Gasteiger partial charge in [0.2, 0.25) is 0 Å². The van der Waals surface area contributed by atoms with Crippen LogP contribution in [0.3, 0.4) is 0 Å². The van der Waals surface area contributed by atoms with Crippen molar-refractivity contribution in [2.75, 3.05) is 85.3 Å². The molecule has 0 fully saturated rings. The van der Waals surface area contributed by atoms with E-state index in [-0.39, 0.29) is 0 Å². The predicted octanol–water partition coefficient (Wildman–Crippen LogP) is 6.07. The van der Waals surface area contributed by atoms with Crippen LogP contribution >= 0.6 is 0 Å². The van der Waals surface area contributed by atoms with E-state index in [1.807, 2.05) is 0 Å². The van der Waals surface area contributed by atoms with E-state index in [1.54, 1.807) is 85.3 Å². The number of hydrogen-bond donors (Lipinski definition) is 0. The quantitative estimate of drug-likeness (QED) is 0.0591. The molecule has 0 radical (unpaired) electrons. The molecule has 0 spiro atoms. The van der Waals surface area contributed by atoms with Crippen molar-refractivity contribution in [2.24, 2.45) is 0 Å². The number of hydrogen-bond acceptors (Lipinski definition) is 12. The minimum absolute atomic E-state index is 0.817. The molecule has 0 aliphatic carbocycles. The Morgan fingerprint density at radius 3 is 0.489 bits per heavy atom. The van der Waals surface area contributed by atoms with E-state index in [2.05, 4.69) is 0 Å². The molecule has 0 rings (SSSR count). The highest BCUT2D eigenvalue weighted by Crippen LogP contribution is 2.37. The maximum Gasteiger partial charge on any atom is 0.500 e. The first-order valence-electron chi connectivity index (χ1n) is 16.2. The SMILES string of the molecule is CO[Si](CCCC[Si](CCCC[Si](OC)(OC)OC)(CCCC[Si](OC)(OC)OC)CCCC[Si](OC)(OC)OC)(OC)OC. The van der Waals surface area contributed by atoms with E-state index in [0.717, 1.165) is 75.5 Å². The van der Waals surface area contributed by atoms with E-state index >= 15 is 0 Å². The van der Waals surface area contributed by atoms with Gasteiger partial charge in [0.1, 0.15) is 0 Å². The Labute approximate surface area is 280 Å². The first-order valence-corrected chi connectivity index (χ1v) is 26.7. The minimum atomic E-state index is -2.60. The summed E-state index contributed by atoms with van der Waals surface area (Å²) in [5.74, 6) is 0. The molecule has 0 saturated heterocycles. The highest BCUT2D eigenvalue weighted by atomic mass is 28.4. The Morgan fingerprint density at radius 1 is 0.222 bits per heavy atom. The molecule has 0 aliphatic heterocycles. The van der Waals surface area contributed by atoms with Gasteiger partial charge in [0.25, 0.3) is 0 Å². The summed E-state index contributed by atoms with van der Waals surface area (Å²) >= 11 is 0. The molecule has 0 N–H and O–H groups in total. The van der Waals surface area contributed by atoms with Crippen LogP contribution in [0.1, 0.15) is 51.4 Å². The summed E-state index contributed by atoms with van der Waals surface area (Å²) in [6.45, 7) is 0. The molecule has 0 unspecified atom stereocenters. The van der Waals surface area contributed by atoms with E-state index < -0.39 is 43.3 Å². The molecule has 0 aromatic heterocycles. The van der Waals surface area contributed by atoms with Gasteiger partial charge < -0.3 is 53.1 Å². The van der Waals surface area contributed by atoms with Gasteiger partial charge in [-0.15, -0.1) is 0 Å². The largest absolute Gasteiger partial charge is 0.500 e. The molecule has 0 atom stereocenters. The average Bonchev–Trinajstić information content (AvgIpc) is 3.10. The molecule has 45 heavy (non-hydrogen) atoms. The number of unbranched alkanes of at least 4 members (excludes halogenated alkanes) is 4. The smallest absolute Gasteiger partial charge is 0.377 e. The summed E-state index contributed by atoms with van der Waals surface area (Å²) < 4.78 is 68.5. The summed E-state index contributed by atoms with van der Waals surface area (Å²) in [6, 6.07) is 8.26. The molecular weight excluding hydrogens is 669 g/mol. The zero-order valence-corrected chi connectivity index (χ0v) is 35.7. The summed E-state index contributed by atoms with van der Waals surface area (Å²) in [4.78, 5) is 0. The molecular formula is C28H68O12Si5. The van der Waals surface area contributed by atoms with Gasteiger partial charge in [-0.05, 0) is 25.7 Å². The third kappa shape index (κ3) is 15.4. The Morgan fingerprint density at radius 2 is 0.356 bits per heavy atom. The Balaban J connectivity index is 5.91. The van der Waals surface area contributed by atoms with Crippen LogP contribution in [0.25, 0.3) is 0 Å². The third-order valence-corrected chi connectivity index (χ3v) is 26.5. The van der Waals surface area contributed by atoms with Gasteiger partial charge >= 0.3 is 35.2 Å². The second kappa shape index (κ2) is 24.7. The van der Waals surface area contributed by atoms with Crippen molar-refractivity contribution in [3.8, 4) is 0 Å². The fraction of sp³-hybridized carbons (Fsp3) is 1.00. The molecule has 0 aromatic rings. The van der Waals surface area contributed by atoms with Crippen molar-refractivity contribution in [2.45, 2.75) is 99.7 Å². The Kier molecular flexibility index (Phi) is 25.0. The minimum Gasteiger partial charge on any atom is -0.377 e. The van der Waals surface area contributed by atoms with E-state index in [4.69, 9.17) is 53.1 Å². The molecule has 0 aromatic carbocycles. The van der Waals surface area contributed by atoms with Crippen LogP contribution < -0.4 is 0 Å². The molecule has 0 heterocycles. The van der Waals surface area contributed by atoms with Crippen molar-refractivity contribution in [1.82, 2.24) is 0 Å². The topological polar surface area (TPSA) is 111 Å². The number of rotatable bonds is 32. The lowest BCUT2D eigenvalue weighted by Crippen LogP contribution is -2.43. The highest BCUT2D eigenvalue weighted by Gasteiger charge is 2.41.